The zero-order valence-electron chi connectivity index (χ0n) is 15.9. The topological polar surface area (TPSA) is 69.9 Å². The maximum Gasteiger partial charge on any atom is 0.280 e. The van der Waals surface area contributed by atoms with Crippen LogP contribution in [0.25, 0.3) is 21.5 Å². The zero-order chi connectivity index (χ0) is 19.7. The highest BCUT2D eigenvalue weighted by atomic mass is 32.1. The molecular weight excluding hydrogens is 372 g/mol. The van der Waals surface area contributed by atoms with E-state index in [0.29, 0.717) is 16.7 Å². The van der Waals surface area contributed by atoms with E-state index >= 15 is 0 Å². The van der Waals surface area contributed by atoms with Gasteiger partial charge in [-0.25, -0.2) is 4.98 Å². The van der Waals surface area contributed by atoms with Crippen LogP contribution in [0, 0.1) is 0 Å². The van der Waals surface area contributed by atoms with Gasteiger partial charge in [-0.3, -0.25) is 4.79 Å². The highest BCUT2D eigenvalue weighted by molar-refractivity contribution is 7.13. The van der Waals surface area contributed by atoms with E-state index in [1.165, 1.54) is 4.68 Å². The summed E-state index contributed by atoms with van der Waals surface area (Å²) in [5.41, 5.74) is 2.51. The largest absolute Gasteiger partial charge is 0.471 e. The summed E-state index contributed by atoms with van der Waals surface area (Å²) >= 11 is 1.63. The zero-order valence-corrected chi connectivity index (χ0v) is 16.7. The van der Waals surface area contributed by atoms with E-state index in [1.54, 1.807) is 29.5 Å². The van der Waals surface area contributed by atoms with Crippen LogP contribution in [-0.2, 0) is 12.1 Å². The third kappa shape index (κ3) is 3.66. The fourth-order valence-electron chi connectivity index (χ4n) is 2.69. The van der Waals surface area contributed by atoms with Gasteiger partial charge in [0.25, 0.3) is 5.56 Å². The van der Waals surface area contributed by atoms with Gasteiger partial charge < -0.3 is 4.74 Å². The molecule has 28 heavy (non-hydrogen) atoms. The molecule has 0 saturated carbocycles. The van der Waals surface area contributed by atoms with Crippen LogP contribution in [0.15, 0.2) is 58.7 Å². The number of fused-ring (bicyclic) bond motifs is 1. The molecule has 0 aliphatic heterocycles. The van der Waals surface area contributed by atoms with E-state index < -0.39 is 0 Å². The van der Waals surface area contributed by atoms with Gasteiger partial charge in [0, 0.05) is 16.4 Å². The SMILES string of the molecule is CC(C)(C)c1csc(-c2ccc(OCn3nnc4ccccc4c3=O)cc2)n1. The van der Waals surface area contributed by atoms with Crippen molar-refractivity contribution in [2.24, 2.45) is 0 Å². The average molecular weight is 392 g/mol. The van der Waals surface area contributed by atoms with Crippen molar-refractivity contribution in [2.75, 3.05) is 0 Å². The highest BCUT2D eigenvalue weighted by Gasteiger charge is 2.17. The van der Waals surface area contributed by atoms with Gasteiger partial charge in [0.2, 0.25) is 0 Å². The molecule has 0 N–H and O–H groups in total. The van der Waals surface area contributed by atoms with Gasteiger partial charge in [0.15, 0.2) is 6.73 Å². The molecule has 0 bridgehead atoms. The van der Waals surface area contributed by atoms with Crippen molar-refractivity contribution in [3.63, 3.8) is 0 Å². The summed E-state index contributed by atoms with van der Waals surface area (Å²) in [6.07, 6.45) is 0. The Morgan fingerprint density at radius 3 is 2.54 bits per heavy atom. The van der Waals surface area contributed by atoms with Crippen LogP contribution in [0.4, 0.5) is 0 Å². The quantitative estimate of drug-likeness (QED) is 0.519. The number of aromatic nitrogens is 4. The maximum absolute atomic E-state index is 12.4. The summed E-state index contributed by atoms with van der Waals surface area (Å²) < 4.78 is 6.93. The molecular formula is C21H20N4O2S. The molecule has 2 heterocycles. The number of nitrogens with zero attached hydrogens (tertiary/aromatic N) is 4. The number of hydrogen-bond acceptors (Lipinski definition) is 6. The summed E-state index contributed by atoms with van der Waals surface area (Å²) in [6.45, 7) is 6.46. The molecule has 0 unspecified atom stereocenters. The van der Waals surface area contributed by atoms with E-state index in [1.807, 2.05) is 30.3 Å². The summed E-state index contributed by atoms with van der Waals surface area (Å²) in [5.74, 6) is 0.651. The van der Waals surface area contributed by atoms with Gasteiger partial charge in [0.05, 0.1) is 11.1 Å². The molecule has 2 aromatic heterocycles. The van der Waals surface area contributed by atoms with Crippen molar-refractivity contribution in [1.82, 2.24) is 20.0 Å². The van der Waals surface area contributed by atoms with Crippen molar-refractivity contribution >= 4 is 22.2 Å². The molecule has 4 rings (SSSR count). The third-order valence-electron chi connectivity index (χ3n) is 4.36. The Kier molecular flexibility index (Phi) is 4.68. The second kappa shape index (κ2) is 7.16. The summed E-state index contributed by atoms with van der Waals surface area (Å²) in [7, 11) is 0. The van der Waals surface area contributed by atoms with Gasteiger partial charge >= 0.3 is 0 Å². The first kappa shape index (κ1) is 18.3. The molecule has 2 aromatic carbocycles. The standard InChI is InChI=1S/C21H20N4O2S/c1-21(2,3)18-12-28-19(22-18)14-8-10-15(11-9-14)27-13-25-20(26)16-6-4-5-7-17(16)23-24-25/h4-12H,13H2,1-3H3. The monoisotopic (exact) mass is 392 g/mol. The van der Waals surface area contributed by atoms with Crippen LogP contribution in [-0.4, -0.2) is 20.0 Å². The molecule has 0 amide bonds. The lowest BCUT2D eigenvalue weighted by molar-refractivity contribution is 0.210. The minimum absolute atomic E-state index is 0.00143. The lowest BCUT2D eigenvalue weighted by Gasteiger charge is -2.14. The van der Waals surface area contributed by atoms with Gasteiger partial charge in [-0.15, -0.1) is 16.4 Å². The van der Waals surface area contributed by atoms with E-state index in [0.717, 1.165) is 16.3 Å². The summed E-state index contributed by atoms with van der Waals surface area (Å²) in [5, 5.41) is 11.6. The second-order valence-corrected chi connectivity index (χ2v) is 8.36. The predicted molar refractivity (Wildman–Crippen MR) is 111 cm³/mol. The van der Waals surface area contributed by atoms with Gasteiger partial charge in [-0.1, -0.05) is 38.1 Å². The molecule has 0 saturated heterocycles. The summed E-state index contributed by atoms with van der Waals surface area (Å²) in [6, 6.07) is 14.8. The molecule has 0 aliphatic rings. The lowest BCUT2D eigenvalue weighted by Crippen LogP contribution is -2.26. The first-order valence-corrected chi connectivity index (χ1v) is 9.81. The molecule has 0 spiro atoms. The highest BCUT2D eigenvalue weighted by Crippen LogP contribution is 2.30. The Bertz CT molecular complexity index is 1170. The van der Waals surface area contributed by atoms with Crippen LogP contribution in [0.3, 0.4) is 0 Å². The fraction of sp³-hybridized carbons (Fsp3) is 0.238. The molecule has 142 valence electrons. The number of benzene rings is 2. The number of ether oxygens (including phenoxy) is 1. The molecule has 0 aliphatic carbocycles. The molecule has 6 nitrogen and oxygen atoms in total. The summed E-state index contributed by atoms with van der Waals surface area (Å²) in [4.78, 5) is 17.2. The van der Waals surface area contributed by atoms with Gasteiger partial charge in [-0.2, -0.15) is 4.68 Å². The van der Waals surface area contributed by atoms with E-state index in [-0.39, 0.29) is 17.7 Å². The van der Waals surface area contributed by atoms with Crippen LogP contribution < -0.4 is 10.3 Å². The minimum Gasteiger partial charge on any atom is -0.471 e. The molecule has 0 radical (unpaired) electrons. The van der Waals surface area contributed by atoms with Crippen molar-refractivity contribution in [1.29, 1.82) is 0 Å². The first-order chi connectivity index (χ1) is 13.4. The van der Waals surface area contributed by atoms with Crippen LogP contribution >= 0.6 is 11.3 Å². The predicted octanol–water partition coefficient (Wildman–Crippen LogP) is 4.25. The number of thiazole rings is 1. The Morgan fingerprint density at radius 2 is 1.82 bits per heavy atom. The molecule has 0 fully saturated rings. The molecule has 0 atom stereocenters. The van der Waals surface area contributed by atoms with E-state index in [2.05, 4.69) is 36.5 Å². The first-order valence-electron chi connectivity index (χ1n) is 8.93. The van der Waals surface area contributed by atoms with Gasteiger partial charge in [-0.05, 0) is 36.4 Å². The average Bonchev–Trinajstić information content (AvgIpc) is 3.19. The van der Waals surface area contributed by atoms with Crippen LogP contribution in [0.2, 0.25) is 0 Å². The van der Waals surface area contributed by atoms with Crippen molar-refractivity contribution < 1.29 is 4.74 Å². The minimum atomic E-state index is -0.222. The van der Waals surface area contributed by atoms with Crippen LogP contribution in [0.1, 0.15) is 26.5 Å². The van der Waals surface area contributed by atoms with E-state index in [4.69, 9.17) is 9.72 Å². The molecule has 4 aromatic rings. The third-order valence-corrected chi connectivity index (χ3v) is 5.25. The van der Waals surface area contributed by atoms with Gasteiger partial charge in [0.1, 0.15) is 16.3 Å². The normalized spacial score (nSPS) is 11.7. The Balaban J connectivity index is 1.49. The second-order valence-electron chi connectivity index (χ2n) is 7.50. The lowest BCUT2D eigenvalue weighted by atomic mass is 9.93. The fourth-order valence-corrected chi connectivity index (χ4v) is 3.74. The number of rotatable bonds is 4. The van der Waals surface area contributed by atoms with Crippen molar-refractivity contribution in [3.05, 3.63) is 70.0 Å². The van der Waals surface area contributed by atoms with Crippen LogP contribution in [0.5, 0.6) is 5.75 Å². The Morgan fingerprint density at radius 1 is 1.07 bits per heavy atom. The Labute approximate surface area is 166 Å². The van der Waals surface area contributed by atoms with Crippen molar-refractivity contribution in [2.45, 2.75) is 32.9 Å². The maximum atomic E-state index is 12.4. The number of hydrogen-bond donors (Lipinski definition) is 0. The molecule has 7 heteroatoms. The smallest absolute Gasteiger partial charge is 0.280 e. The van der Waals surface area contributed by atoms with E-state index in [9.17, 15) is 4.79 Å². The Hall–Kier alpha value is -3.06. The van der Waals surface area contributed by atoms with Crippen molar-refractivity contribution in [3.8, 4) is 16.3 Å².